The van der Waals surface area contributed by atoms with Crippen molar-refractivity contribution in [3.8, 4) is 0 Å². The largest absolute Gasteiger partial charge is 0.376 e. The van der Waals surface area contributed by atoms with Crippen LogP contribution in [0.1, 0.15) is 76.3 Å². The lowest BCUT2D eigenvalue weighted by molar-refractivity contribution is -0.00475. The van der Waals surface area contributed by atoms with Gasteiger partial charge in [0.15, 0.2) is 0 Å². The van der Waals surface area contributed by atoms with E-state index in [1.807, 2.05) is 0 Å². The molecule has 0 radical (unpaired) electrons. The Bertz CT molecular complexity index is 402. The Morgan fingerprint density at radius 2 is 1.80 bits per heavy atom. The third-order valence-electron chi connectivity index (χ3n) is 4.24. The third-order valence-corrected chi connectivity index (χ3v) is 4.24. The first-order chi connectivity index (χ1) is 9.56. The van der Waals surface area contributed by atoms with Crippen molar-refractivity contribution < 1.29 is 4.74 Å². The van der Waals surface area contributed by atoms with E-state index in [2.05, 4.69) is 45.0 Å². The van der Waals surface area contributed by atoms with Crippen LogP contribution in [0.15, 0.2) is 24.3 Å². The molecule has 1 unspecified atom stereocenters. The van der Waals surface area contributed by atoms with Crippen LogP contribution < -0.4 is 0 Å². The summed E-state index contributed by atoms with van der Waals surface area (Å²) in [5.74, 6) is 0.831. The van der Waals surface area contributed by atoms with Crippen molar-refractivity contribution in [3.05, 3.63) is 35.4 Å². The van der Waals surface area contributed by atoms with Crippen molar-refractivity contribution >= 4 is 0 Å². The molecule has 112 valence electrons. The summed E-state index contributed by atoms with van der Waals surface area (Å²) in [6.45, 7) is 7.30. The second-order valence-corrected chi connectivity index (χ2v) is 7.10. The first-order valence-electron chi connectivity index (χ1n) is 8.28. The first kappa shape index (κ1) is 15.6. The zero-order valence-electron chi connectivity index (χ0n) is 13.5. The molecule has 0 aliphatic heterocycles. The van der Waals surface area contributed by atoms with Crippen molar-refractivity contribution in [1.82, 2.24) is 0 Å². The molecule has 1 aromatic rings. The molecular formula is C19H30O. The number of aryl methyl sites for hydroxylation is 1. The second-order valence-electron chi connectivity index (χ2n) is 7.10. The van der Waals surface area contributed by atoms with Gasteiger partial charge in [-0.05, 0) is 63.5 Å². The minimum Gasteiger partial charge on any atom is -0.376 e. The molecule has 0 aromatic heterocycles. The minimum atomic E-state index is 0.0214. The van der Waals surface area contributed by atoms with E-state index in [0.29, 0.717) is 0 Å². The van der Waals surface area contributed by atoms with Gasteiger partial charge in [0, 0.05) is 6.61 Å². The maximum absolute atomic E-state index is 5.76. The fraction of sp³-hybridized carbons (Fsp3) is 0.684. The summed E-state index contributed by atoms with van der Waals surface area (Å²) >= 11 is 0. The topological polar surface area (TPSA) is 9.23 Å². The number of ether oxygens (including phenoxy) is 1. The quantitative estimate of drug-likeness (QED) is 0.598. The highest BCUT2D eigenvalue weighted by molar-refractivity contribution is 5.34. The van der Waals surface area contributed by atoms with Crippen LogP contribution in [-0.2, 0) is 11.2 Å². The Kier molecular flexibility index (Phi) is 5.65. The average molecular weight is 274 g/mol. The Morgan fingerprint density at radius 1 is 1.05 bits per heavy atom. The number of hydrogen-bond donors (Lipinski definition) is 0. The summed E-state index contributed by atoms with van der Waals surface area (Å²) in [5.41, 5.74) is 3.24. The van der Waals surface area contributed by atoms with E-state index >= 15 is 0 Å². The zero-order valence-corrected chi connectivity index (χ0v) is 13.5. The smallest absolute Gasteiger partial charge is 0.0598 e. The van der Waals surface area contributed by atoms with E-state index in [-0.39, 0.29) is 5.60 Å². The molecule has 0 saturated heterocycles. The summed E-state index contributed by atoms with van der Waals surface area (Å²) in [4.78, 5) is 0. The summed E-state index contributed by atoms with van der Waals surface area (Å²) in [7, 11) is 0. The summed E-state index contributed by atoms with van der Waals surface area (Å²) < 4.78 is 5.76. The van der Waals surface area contributed by atoms with Crippen molar-refractivity contribution in [2.75, 3.05) is 6.61 Å². The normalized spacial score (nSPS) is 18.2. The van der Waals surface area contributed by atoms with Gasteiger partial charge < -0.3 is 4.74 Å². The predicted molar refractivity (Wildman–Crippen MR) is 86.3 cm³/mol. The minimum absolute atomic E-state index is 0.0214. The van der Waals surface area contributed by atoms with E-state index < -0.39 is 0 Å². The Hall–Kier alpha value is -0.820. The molecule has 1 nitrogen and oxygen atoms in total. The molecule has 0 heterocycles. The molecule has 0 amide bonds. The van der Waals surface area contributed by atoms with Gasteiger partial charge in [0.2, 0.25) is 0 Å². The second kappa shape index (κ2) is 7.26. The van der Waals surface area contributed by atoms with E-state index in [9.17, 15) is 0 Å². The molecule has 0 bridgehead atoms. The SMILES string of the molecule is CC(C)(C)OCCCCCCC1CCc2ccccc21. The van der Waals surface area contributed by atoms with Gasteiger partial charge >= 0.3 is 0 Å². The maximum atomic E-state index is 5.76. The van der Waals surface area contributed by atoms with Crippen molar-refractivity contribution in [2.45, 2.75) is 77.2 Å². The molecular weight excluding hydrogens is 244 g/mol. The van der Waals surface area contributed by atoms with Crippen LogP contribution in [0.5, 0.6) is 0 Å². The molecule has 1 aliphatic carbocycles. The summed E-state index contributed by atoms with van der Waals surface area (Å²) in [6.07, 6.45) is 9.27. The van der Waals surface area contributed by atoms with Crippen LogP contribution in [0.2, 0.25) is 0 Å². The van der Waals surface area contributed by atoms with Crippen LogP contribution in [0.4, 0.5) is 0 Å². The lowest BCUT2D eigenvalue weighted by atomic mass is 9.95. The van der Waals surface area contributed by atoms with Crippen LogP contribution in [0, 0.1) is 0 Å². The van der Waals surface area contributed by atoms with Gasteiger partial charge in [-0.1, -0.05) is 43.5 Å². The molecule has 0 fully saturated rings. The lowest BCUT2D eigenvalue weighted by Gasteiger charge is -2.19. The third kappa shape index (κ3) is 4.94. The number of benzene rings is 1. The Balaban J connectivity index is 1.57. The van der Waals surface area contributed by atoms with Gasteiger partial charge in [-0.25, -0.2) is 0 Å². The maximum Gasteiger partial charge on any atom is 0.0598 e. The fourth-order valence-corrected chi connectivity index (χ4v) is 3.17. The number of hydrogen-bond acceptors (Lipinski definition) is 1. The lowest BCUT2D eigenvalue weighted by Crippen LogP contribution is -2.19. The highest BCUT2D eigenvalue weighted by atomic mass is 16.5. The average Bonchev–Trinajstić information content (AvgIpc) is 2.80. The standard InChI is InChI=1S/C19H30O/c1-19(2,3)20-15-9-5-4-6-10-16-13-14-17-11-7-8-12-18(16)17/h7-8,11-12,16H,4-6,9-10,13-15H2,1-3H3. The predicted octanol–water partition coefficient (Wildman–Crippen LogP) is 5.48. The molecule has 1 atom stereocenters. The van der Waals surface area contributed by atoms with E-state index in [4.69, 9.17) is 4.74 Å². The highest BCUT2D eigenvalue weighted by Crippen LogP contribution is 2.36. The monoisotopic (exact) mass is 274 g/mol. The molecule has 1 heteroatoms. The van der Waals surface area contributed by atoms with Gasteiger partial charge in [-0.3, -0.25) is 0 Å². The summed E-state index contributed by atoms with van der Waals surface area (Å²) in [5, 5.41) is 0. The van der Waals surface area contributed by atoms with Crippen molar-refractivity contribution in [3.63, 3.8) is 0 Å². The van der Waals surface area contributed by atoms with Crippen LogP contribution in [0.3, 0.4) is 0 Å². The molecule has 0 spiro atoms. The summed E-state index contributed by atoms with van der Waals surface area (Å²) in [6, 6.07) is 9.01. The number of rotatable bonds is 7. The van der Waals surface area contributed by atoms with E-state index in [1.54, 1.807) is 11.1 Å². The molecule has 20 heavy (non-hydrogen) atoms. The molecule has 2 rings (SSSR count). The molecule has 0 N–H and O–H groups in total. The van der Waals surface area contributed by atoms with E-state index in [0.717, 1.165) is 12.5 Å². The Morgan fingerprint density at radius 3 is 2.60 bits per heavy atom. The van der Waals surface area contributed by atoms with Gasteiger partial charge in [-0.2, -0.15) is 0 Å². The van der Waals surface area contributed by atoms with Crippen LogP contribution in [0.25, 0.3) is 0 Å². The van der Waals surface area contributed by atoms with Crippen LogP contribution in [-0.4, -0.2) is 12.2 Å². The van der Waals surface area contributed by atoms with Gasteiger partial charge in [0.1, 0.15) is 0 Å². The molecule has 0 saturated carbocycles. The van der Waals surface area contributed by atoms with Gasteiger partial charge in [-0.15, -0.1) is 0 Å². The fourth-order valence-electron chi connectivity index (χ4n) is 3.17. The van der Waals surface area contributed by atoms with Gasteiger partial charge in [0.25, 0.3) is 0 Å². The van der Waals surface area contributed by atoms with Gasteiger partial charge in [0.05, 0.1) is 5.60 Å². The first-order valence-corrected chi connectivity index (χ1v) is 8.28. The van der Waals surface area contributed by atoms with Crippen molar-refractivity contribution in [2.24, 2.45) is 0 Å². The van der Waals surface area contributed by atoms with Crippen molar-refractivity contribution in [1.29, 1.82) is 0 Å². The zero-order chi connectivity index (χ0) is 14.4. The molecule has 1 aliphatic rings. The number of fused-ring (bicyclic) bond motifs is 1. The van der Waals surface area contributed by atoms with E-state index in [1.165, 1.54) is 44.9 Å². The number of unbranched alkanes of at least 4 members (excludes halogenated alkanes) is 3. The molecule has 1 aromatic carbocycles. The highest BCUT2D eigenvalue weighted by Gasteiger charge is 2.20. The Labute approximate surface area is 124 Å². The van der Waals surface area contributed by atoms with Crippen LogP contribution >= 0.6 is 0 Å².